The quantitative estimate of drug-likeness (QED) is 0.745. The Kier molecular flexibility index (Phi) is 3.69. The number of amides is 1. The standard InChI is InChI=1S/C15H15NO2/c1-3-7-13-11-10-12-8-5-6-9-14(12)16(13)15(17)18-4-2/h1,5-6,8-11,13H,4,7H2,2H3. The van der Waals surface area contributed by atoms with E-state index >= 15 is 0 Å². The fourth-order valence-electron chi connectivity index (χ4n) is 2.03. The highest BCUT2D eigenvalue weighted by molar-refractivity contribution is 5.93. The first-order valence-corrected chi connectivity index (χ1v) is 5.94. The lowest BCUT2D eigenvalue weighted by Crippen LogP contribution is -2.41. The molecule has 0 saturated heterocycles. The molecule has 1 atom stereocenters. The van der Waals surface area contributed by atoms with E-state index in [0.717, 1.165) is 11.3 Å². The second-order valence-corrected chi connectivity index (χ2v) is 3.96. The number of anilines is 1. The van der Waals surface area contributed by atoms with Crippen molar-refractivity contribution in [3.63, 3.8) is 0 Å². The monoisotopic (exact) mass is 241 g/mol. The molecule has 2 rings (SSSR count). The number of nitrogens with zero attached hydrogens (tertiary/aromatic N) is 1. The summed E-state index contributed by atoms with van der Waals surface area (Å²) >= 11 is 0. The highest BCUT2D eigenvalue weighted by atomic mass is 16.6. The molecule has 1 heterocycles. The third-order valence-corrected chi connectivity index (χ3v) is 2.82. The smallest absolute Gasteiger partial charge is 0.414 e. The second kappa shape index (κ2) is 5.42. The molecule has 0 spiro atoms. The van der Waals surface area contributed by atoms with Gasteiger partial charge in [0.25, 0.3) is 0 Å². The summed E-state index contributed by atoms with van der Waals surface area (Å²) in [5, 5.41) is 0. The van der Waals surface area contributed by atoms with E-state index in [9.17, 15) is 4.79 Å². The van der Waals surface area contributed by atoms with Crippen LogP contribution in [0.25, 0.3) is 6.08 Å². The molecule has 0 saturated carbocycles. The van der Waals surface area contributed by atoms with E-state index in [0.29, 0.717) is 13.0 Å². The van der Waals surface area contributed by atoms with Crippen molar-refractivity contribution in [1.29, 1.82) is 0 Å². The topological polar surface area (TPSA) is 29.5 Å². The third kappa shape index (κ3) is 2.23. The Labute approximate surface area is 107 Å². The molecule has 0 aliphatic carbocycles. The number of carbonyl (C=O) groups is 1. The maximum atomic E-state index is 12.0. The zero-order chi connectivity index (χ0) is 13.0. The van der Waals surface area contributed by atoms with E-state index in [1.807, 2.05) is 36.4 Å². The minimum Gasteiger partial charge on any atom is -0.449 e. The molecule has 0 bridgehead atoms. The molecule has 1 aromatic rings. The molecule has 1 aromatic carbocycles. The van der Waals surface area contributed by atoms with Gasteiger partial charge in [0.1, 0.15) is 0 Å². The SMILES string of the molecule is C#CCC1C=Cc2ccccc2N1C(=O)OCC. The molecule has 1 aliphatic heterocycles. The number of para-hydroxylation sites is 1. The molecule has 0 fully saturated rings. The molecule has 3 nitrogen and oxygen atoms in total. The number of rotatable bonds is 2. The summed E-state index contributed by atoms with van der Waals surface area (Å²) in [6, 6.07) is 7.57. The van der Waals surface area contributed by atoms with Crippen LogP contribution in [0.1, 0.15) is 18.9 Å². The zero-order valence-electron chi connectivity index (χ0n) is 10.3. The van der Waals surface area contributed by atoms with E-state index in [2.05, 4.69) is 5.92 Å². The van der Waals surface area contributed by atoms with Gasteiger partial charge in [-0.25, -0.2) is 4.79 Å². The van der Waals surface area contributed by atoms with Crippen molar-refractivity contribution in [2.75, 3.05) is 11.5 Å². The van der Waals surface area contributed by atoms with Gasteiger partial charge >= 0.3 is 6.09 Å². The van der Waals surface area contributed by atoms with Crippen LogP contribution in [-0.4, -0.2) is 18.7 Å². The summed E-state index contributed by atoms with van der Waals surface area (Å²) < 4.78 is 5.10. The van der Waals surface area contributed by atoms with Crippen LogP contribution < -0.4 is 4.90 Å². The number of hydrogen-bond acceptors (Lipinski definition) is 2. The predicted molar refractivity (Wildman–Crippen MR) is 72.2 cm³/mol. The predicted octanol–water partition coefficient (Wildman–Crippen LogP) is 3.07. The van der Waals surface area contributed by atoms with Crippen LogP contribution in [0.5, 0.6) is 0 Å². The molecule has 1 unspecified atom stereocenters. The lowest BCUT2D eigenvalue weighted by atomic mass is 10.0. The van der Waals surface area contributed by atoms with Crippen LogP contribution in [0.2, 0.25) is 0 Å². The Morgan fingerprint density at radius 1 is 1.50 bits per heavy atom. The molecule has 0 aromatic heterocycles. The van der Waals surface area contributed by atoms with E-state index < -0.39 is 0 Å². The van der Waals surface area contributed by atoms with E-state index in [-0.39, 0.29) is 12.1 Å². The van der Waals surface area contributed by atoms with E-state index in [1.165, 1.54) is 0 Å². The van der Waals surface area contributed by atoms with Crippen molar-refractivity contribution in [3.8, 4) is 12.3 Å². The van der Waals surface area contributed by atoms with Crippen molar-refractivity contribution < 1.29 is 9.53 Å². The molecule has 0 radical (unpaired) electrons. The van der Waals surface area contributed by atoms with E-state index in [1.54, 1.807) is 11.8 Å². The number of terminal acetylenes is 1. The highest BCUT2D eigenvalue weighted by Crippen LogP contribution is 2.30. The summed E-state index contributed by atoms with van der Waals surface area (Å²) in [6.07, 6.45) is 9.41. The van der Waals surface area contributed by atoms with Gasteiger partial charge < -0.3 is 4.74 Å². The molecule has 0 N–H and O–H groups in total. The normalized spacial score (nSPS) is 16.9. The lowest BCUT2D eigenvalue weighted by molar-refractivity contribution is 0.158. The molecule has 92 valence electrons. The minimum atomic E-state index is -0.352. The molecule has 1 amide bonds. The van der Waals surface area contributed by atoms with Gasteiger partial charge in [0.05, 0.1) is 18.3 Å². The maximum Gasteiger partial charge on any atom is 0.414 e. The lowest BCUT2D eigenvalue weighted by Gasteiger charge is -2.32. The summed E-state index contributed by atoms with van der Waals surface area (Å²) in [6.45, 7) is 2.14. The van der Waals surface area contributed by atoms with Gasteiger partial charge in [-0.05, 0) is 18.6 Å². The van der Waals surface area contributed by atoms with Gasteiger partial charge in [-0.1, -0.05) is 30.4 Å². The Morgan fingerprint density at radius 2 is 2.28 bits per heavy atom. The van der Waals surface area contributed by atoms with Gasteiger partial charge in [0.2, 0.25) is 0 Å². The van der Waals surface area contributed by atoms with Crippen LogP contribution in [0.4, 0.5) is 10.5 Å². The molecule has 18 heavy (non-hydrogen) atoms. The van der Waals surface area contributed by atoms with Crippen molar-refractivity contribution in [2.24, 2.45) is 0 Å². The fraction of sp³-hybridized carbons (Fsp3) is 0.267. The molecular weight excluding hydrogens is 226 g/mol. The summed E-state index contributed by atoms with van der Waals surface area (Å²) in [5.74, 6) is 2.59. The molecule has 1 aliphatic rings. The van der Waals surface area contributed by atoms with Crippen molar-refractivity contribution in [2.45, 2.75) is 19.4 Å². The van der Waals surface area contributed by atoms with Crippen LogP contribution in [0.15, 0.2) is 30.3 Å². The highest BCUT2D eigenvalue weighted by Gasteiger charge is 2.28. The second-order valence-electron chi connectivity index (χ2n) is 3.96. The van der Waals surface area contributed by atoms with Gasteiger partial charge in [0, 0.05) is 6.42 Å². The Hall–Kier alpha value is -2.21. The first-order chi connectivity index (χ1) is 8.77. The van der Waals surface area contributed by atoms with Crippen molar-refractivity contribution >= 4 is 17.9 Å². The summed E-state index contributed by atoms with van der Waals surface area (Å²) in [5.41, 5.74) is 1.84. The number of hydrogen-bond donors (Lipinski definition) is 0. The van der Waals surface area contributed by atoms with Gasteiger partial charge in [-0.3, -0.25) is 4.90 Å². The minimum absolute atomic E-state index is 0.135. The fourth-order valence-corrected chi connectivity index (χ4v) is 2.03. The van der Waals surface area contributed by atoms with Crippen LogP contribution in [-0.2, 0) is 4.74 Å². The Balaban J connectivity index is 2.39. The number of ether oxygens (including phenoxy) is 1. The summed E-state index contributed by atoms with van der Waals surface area (Å²) in [7, 11) is 0. The average molecular weight is 241 g/mol. The van der Waals surface area contributed by atoms with Crippen molar-refractivity contribution in [3.05, 3.63) is 35.9 Å². The van der Waals surface area contributed by atoms with Crippen LogP contribution in [0, 0.1) is 12.3 Å². The number of fused-ring (bicyclic) bond motifs is 1. The number of carbonyl (C=O) groups excluding carboxylic acids is 1. The first-order valence-electron chi connectivity index (χ1n) is 5.94. The zero-order valence-corrected chi connectivity index (χ0v) is 10.3. The van der Waals surface area contributed by atoms with Crippen LogP contribution >= 0.6 is 0 Å². The molecule has 3 heteroatoms. The van der Waals surface area contributed by atoms with Gasteiger partial charge in [-0.15, -0.1) is 12.3 Å². The van der Waals surface area contributed by atoms with E-state index in [4.69, 9.17) is 11.2 Å². The van der Waals surface area contributed by atoms with Gasteiger partial charge in [-0.2, -0.15) is 0 Å². The van der Waals surface area contributed by atoms with Crippen molar-refractivity contribution in [1.82, 2.24) is 0 Å². The molecular formula is C15H15NO2. The number of benzene rings is 1. The average Bonchev–Trinajstić information content (AvgIpc) is 2.39. The van der Waals surface area contributed by atoms with Gasteiger partial charge in [0.15, 0.2) is 0 Å². The largest absolute Gasteiger partial charge is 0.449 e. The Bertz CT molecular complexity index is 513. The first kappa shape index (κ1) is 12.3. The summed E-state index contributed by atoms with van der Waals surface area (Å²) in [4.78, 5) is 13.7. The third-order valence-electron chi connectivity index (χ3n) is 2.82. The maximum absolute atomic E-state index is 12.0. The van der Waals surface area contributed by atoms with Crippen LogP contribution in [0.3, 0.4) is 0 Å². The Morgan fingerprint density at radius 3 is 3.00 bits per heavy atom.